The molecular weight excluding hydrogens is 386 g/mol. The fourth-order valence-electron chi connectivity index (χ4n) is 3.53. The van der Waals surface area contributed by atoms with Crippen LogP contribution in [0.25, 0.3) is 4.96 Å². The molecule has 8 heteroatoms. The van der Waals surface area contributed by atoms with Crippen molar-refractivity contribution in [2.24, 2.45) is 5.92 Å². The number of hydrogen-bond donors (Lipinski definition) is 1. The van der Waals surface area contributed by atoms with Crippen molar-refractivity contribution in [1.29, 1.82) is 0 Å². The van der Waals surface area contributed by atoms with Crippen molar-refractivity contribution in [2.75, 3.05) is 24.5 Å². The second-order valence-corrected chi connectivity index (χ2v) is 8.68. The Morgan fingerprint density at radius 1 is 1.28 bits per heavy atom. The minimum atomic E-state index is -0.422. The van der Waals surface area contributed by atoms with Gasteiger partial charge in [0.2, 0.25) is 10.1 Å². The molecule has 1 aliphatic heterocycles. The van der Waals surface area contributed by atoms with E-state index in [9.17, 15) is 9.59 Å². The molecule has 0 bridgehead atoms. The van der Waals surface area contributed by atoms with Crippen LogP contribution in [0.1, 0.15) is 48.7 Å². The molecule has 7 nitrogen and oxygen atoms in total. The largest absolute Gasteiger partial charge is 0.350 e. The molecular formula is C21H25N5O2S. The maximum absolute atomic E-state index is 12.8. The van der Waals surface area contributed by atoms with Crippen LogP contribution in [-0.2, 0) is 0 Å². The molecule has 4 rings (SSSR count). The first-order valence-corrected chi connectivity index (χ1v) is 10.8. The fourth-order valence-corrected chi connectivity index (χ4v) is 4.49. The van der Waals surface area contributed by atoms with Crippen molar-refractivity contribution in [3.8, 4) is 0 Å². The van der Waals surface area contributed by atoms with E-state index in [1.54, 1.807) is 0 Å². The van der Waals surface area contributed by atoms with Gasteiger partial charge in [-0.1, -0.05) is 55.5 Å². The van der Waals surface area contributed by atoms with Crippen molar-refractivity contribution in [3.05, 3.63) is 58.0 Å². The van der Waals surface area contributed by atoms with E-state index in [4.69, 9.17) is 0 Å². The van der Waals surface area contributed by atoms with Crippen molar-refractivity contribution in [2.45, 2.75) is 32.6 Å². The number of anilines is 1. The molecule has 1 saturated heterocycles. The van der Waals surface area contributed by atoms with E-state index in [0.29, 0.717) is 17.4 Å². The SMILES string of the molecule is CC1CCN(c2nn3c(C(=O)NC[C@H](C)c4ccccc4)cc(=O)nc3s2)CC1. The van der Waals surface area contributed by atoms with Crippen LogP contribution in [-0.4, -0.2) is 40.1 Å². The number of fused-ring (bicyclic) bond motifs is 1. The normalized spacial score (nSPS) is 16.1. The third kappa shape index (κ3) is 4.32. The Bertz CT molecular complexity index is 1050. The molecule has 1 aliphatic rings. The highest BCUT2D eigenvalue weighted by Gasteiger charge is 2.22. The summed E-state index contributed by atoms with van der Waals surface area (Å²) in [5.41, 5.74) is 0.960. The standard InChI is InChI=1S/C21H25N5O2S/c1-14-8-10-25(11-9-14)21-24-26-17(12-18(27)23-20(26)29-21)19(28)22-13-15(2)16-6-4-3-5-7-16/h3-7,12,14-15H,8-11,13H2,1-2H3,(H,22,28)/t15-/m0/s1. The van der Waals surface area contributed by atoms with Crippen LogP contribution >= 0.6 is 11.3 Å². The van der Waals surface area contributed by atoms with Gasteiger partial charge in [-0.2, -0.15) is 9.50 Å². The lowest BCUT2D eigenvalue weighted by Crippen LogP contribution is -2.33. The van der Waals surface area contributed by atoms with Crippen molar-refractivity contribution < 1.29 is 4.79 Å². The number of amides is 1. The molecule has 0 spiro atoms. The highest BCUT2D eigenvalue weighted by atomic mass is 32.1. The van der Waals surface area contributed by atoms with E-state index >= 15 is 0 Å². The molecule has 0 aliphatic carbocycles. The zero-order chi connectivity index (χ0) is 20.4. The molecule has 152 valence electrons. The van der Waals surface area contributed by atoms with Gasteiger partial charge in [0.15, 0.2) is 0 Å². The number of nitrogens with zero attached hydrogens (tertiary/aromatic N) is 4. The van der Waals surface area contributed by atoms with Gasteiger partial charge in [0, 0.05) is 25.7 Å². The van der Waals surface area contributed by atoms with Gasteiger partial charge in [0.1, 0.15) is 5.69 Å². The van der Waals surface area contributed by atoms with Crippen molar-refractivity contribution in [3.63, 3.8) is 0 Å². The van der Waals surface area contributed by atoms with E-state index in [1.807, 2.05) is 30.3 Å². The Morgan fingerprint density at radius 3 is 2.72 bits per heavy atom. The van der Waals surface area contributed by atoms with Crippen LogP contribution < -0.4 is 15.8 Å². The molecule has 1 amide bonds. The van der Waals surface area contributed by atoms with Crippen LogP contribution in [0.4, 0.5) is 5.13 Å². The predicted molar refractivity (Wildman–Crippen MR) is 115 cm³/mol. The van der Waals surface area contributed by atoms with Crippen LogP contribution in [0.2, 0.25) is 0 Å². The number of benzene rings is 1. The summed E-state index contributed by atoms with van der Waals surface area (Å²) in [4.78, 5) is 31.6. The zero-order valence-corrected chi connectivity index (χ0v) is 17.5. The maximum Gasteiger partial charge on any atom is 0.274 e. The number of piperidine rings is 1. The third-order valence-corrected chi connectivity index (χ3v) is 6.44. The van der Waals surface area contributed by atoms with E-state index in [1.165, 1.54) is 21.9 Å². The average molecular weight is 412 g/mol. The number of carbonyl (C=O) groups is 1. The quantitative estimate of drug-likeness (QED) is 0.698. The number of aromatic nitrogens is 3. The molecule has 1 fully saturated rings. The van der Waals surface area contributed by atoms with Crippen LogP contribution in [0.3, 0.4) is 0 Å². The number of hydrogen-bond acceptors (Lipinski definition) is 6. The molecule has 0 radical (unpaired) electrons. The number of nitrogens with one attached hydrogen (secondary N) is 1. The smallest absolute Gasteiger partial charge is 0.274 e. The summed E-state index contributed by atoms with van der Waals surface area (Å²) in [7, 11) is 0. The first-order chi connectivity index (χ1) is 14.0. The van der Waals surface area contributed by atoms with Gasteiger partial charge in [-0.15, -0.1) is 5.10 Å². The molecule has 1 atom stereocenters. The Kier molecular flexibility index (Phi) is 5.62. The average Bonchev–Trinajstić information content (AvgIpc) is 3.16. The fraction of sp³-hybridized carbons (Fsp3) is 0.429. The predicted octanol–water partition coefficient (Wildman–Crippen LogP) is 2.92. The summed E-state index contributed by atoms with van der Waals surface area (Å²) >= 11 is 1.36. The number of rotatable bonds is 5. The second kappa shape index (κ2) is 8.32. The van der Waals surface area contributed by atoms with E-state index in [0.717, 1.165) is 36.6 Å². The molecule has 3 heterocycles. The molecule has 0 saturated carbocycles. The summed E-state index contributed by atoms with van der Waals surface area (Å²) in [6.45, 7) is 6.66. The number of carbonyl (C=O) groups excluding carboxylic acids is 1. The second-order valence-electron chi connectivity index (χ2n) is 7.75. The van der Waals surface area contributed by atoms with Crippen molar-refractivity contribution >= 4 is 27.3 Å². The monoisotopic (exact) mass is 411 g/mol. The van der Waals surface area contributed by atoms with Crippen LogP contribution in [0.15, 0.2) is 41.2 Å². The highest BCUT2D eigenvalue weighted by molar-refractivity contribution is 7.20. The Morgan fingerprint density at radius 2 is 2.00 bits per heavy atom. The summed E-state index contributed by atoms with van der Waals surface area (Å²) in [5, 5.41) is 8.35. The van der Waals surface area contributed by atoms with Gasteiger partial charge in [0.05, 0.1) is 0 Å². The van der Waals surface area contributed by atoms with Crippen LogP contribution in [0.5, 0.6) is 0 Å². The summed E-state index contributed by atoms with van der Waals surface area (Å²) in [6.07, 6.45) is 2.23. The van der Waals surface area contributed by atoms with Gasteiger partial charge >= 0.3 is 0 Å². The Hall–Kier alpha value is -2.74. The van der Waals surface area contributed by atoms with Gasteiger partial charge in [-0.3, -0.25) is 9.59 Å². The lowest BCUT2D eigenvalue weighted by Gasteiger charge is -2.29. The molecule has 1 aromatic carbocycles. The maximum atomic E-state index is 12.8. The van der Waals surface area contributed by atoms with Crippen LogP contribution in [0, 0.1) is 5.92 Å². The molecule has 29 heavy (non-hydrogen) atoms. The minimum Gasteiger partial charge on any atom is -0.350 e. The van der Waals surface area contributed by atoms with E-state index in [-0.39, 0.29) is 17.5 Å². The van der Waals surface area contributed by atoms with Gasteiger partial charge < -0.3 is 10.2 Å². The first kappa shape index (κ1) is 19.6. The van der Waals surface area contributed by atoms with Gasteiger partial charge in [-0.25, -0.2) is 0 Å². The first-order valence-electron chi connectivity index (χ1n) is 10.0. The summed E-state index contributed by atoms with van der Waals surface area (Å²) in [5.74, 6) is 0.564. The van der Waals surface area contributed by atoms with E-state index < -0.39 is 5.56 Å². The Balaban J connectivity index is 1.54. The van der Waals surface area contributed by atoms with Crippen molar-refractivity contribution in [1.82, 2.24) is 19.9 Å². The molecule has 0 unspecified atom stereocenters. The lowest BCUT2D eigenvalue weighted by molar-refractivity contribution is 0.0944. The zero-order valence-electron chi connectivity index (χ0n) is 16.7. The van der Waals surface area contributed by atoms with Gasteiger partial charge in [0.25, 0.3) is 11.5 Å². The van der Waals surface area contributed by atoms with Gasteiger partial charge in [-0.05, 0) is 30.2 Å². The summed E-state index contributed by atoms with van der Waals surface area (Å²) < 4.78 is 1.50. The Labute approximate surface area is 173 Å². The summed E-state index contributed by atoms with van der Waals surface area (Å²) in [6, 6.07) is 11.3. The molecule has 1 N–H and O–H groups in total. The highest BCUT2D eigenvalue weighted by Crippen LogP contribution is 2.27. The molecule has 2 aromatic heterocycles. The third-order valence-electron chi connectivity index (χ3n) is 5.47. The van der Waals surface area contributed by atoms with E-state index in [2.05, 4.69) is 34.1 Å². The topological polar surface area (TPSA) is 79.6 Å². The minimum absolute atomic E-state index is 0.163. The lowest BCUT2D eigenvalue weighted by atomic mass is 10.00. The molecule has 3 aromatic rings.